The van der Waals surface area contributed by atoms with Gasteiger partial charge in [0.25, 0.3) is 0 Å². The molecule has 92 valence electrons. The van der Waals surface area contributed by atoms with Crippen LogP contribution >= 0.6 is 0 Å². The van der Waals surface area contributed by atoms with Crippen molar-refractivity contribution in [3.63, 3.8) is 0 Å². The maximum absolute atomic E-state index is 8.95. The molecule has 1 aliphatic heterocycles. The molecule has 1 unspecified atom stereocenters. The van der Waals surface area contributed by atoms with Gasteiger partial charge in [0, 0.05) is 12.2 Å². The average molecular weight is 240 g/mol. The van der Waals surface area contributed by atoms with E-state index in [1.54, 1.807) is 12.1 Å². The number of benzene rings is 1. The Morgan fingerprint density at radius 1 is 1.28 bits per heavy atom. The molecule has 4 heteroatoms. The van der Waals surface area contributed by atoms with Crippen molar-refractivity contribution in [1.29, 1.82) is 10.5 Å². The van der Waals surface area contributed by atoms with Gasteiger partial charge in [-0.2, -0.15) is 10.5 Å². The molecule has 0 aliphatic carbocycles. The summed E-state index contributed by atoms with van der Waals surface area (Å²) in [5.41, 5.74) is 1.78. The highest BCUT2D eigenvalue weighted by Gasteiger charge is 2.12. The number of hydrogen-bond donors (Lipinski definition) is 2. The van der Waals surface area contributed by atoms with Crippen LogP contribution in [0, 0.1) is 28.6 Å². The molecule has 2 N–H and O–H groups in total. The lowest BCUT2D eigenvalue weighted by molar-refractivity contribution is 0.393. The van der Waals surface area contributed by atoms with Gasteiger partial charge in [-0.15, -0.1) is 0 Å². The number of anilines is 1. The van der Waals surface area contributed by atoms with Crippen molar-refractivity contribution in [2.45, 2.75) is 12.8 Å². The first-order chi connectivity index (χ1) is 8.83. The molecule has 4 nitrogen and oxygen atoms in total. The van der Waals surface area contributed by atoms with Gasteiger partial charge in [-0.25, -0.2) is 0 Å². The van der Waals surface area contributed by atoms with E-state index < -0.39 is 0 Å². The van der Waals surface area contributed by atoms with Crippen LogP contribution < -0.4 is 10.6 Å². The SMILES string of the molecule is N#Cc1ccc(NCC2CCCNC2)cc1C#N. The number of piperidine rings is 1. The van der Waals surface area contributed by atoms with Crippen molar-refractivity contribution < 1.29 is 0 Å². The smallest absolute Gasteiger partial charge is 0.101 e. The molecule has 0 amide bonds. The minimum absolute atomic E-state index is 0.433. The lowest BCUT2D eigenvalue weighted by Crippen LogP contribution is -2.33. The van der Waals surface area contributed by atoms with Gasteiger partial charge >= 0.3 is 0 Å². The van der Waals surface area contributed by atoms with E-state index in [1.807, 2.05) is 18.2 Å². The number of hydrogen-bond acceptors (Lipinski definition) is 4. The van der Waals surface area contributed by atoms with Crippen molar-refractivity contribution in [3.8, 4) is 12.1 Å². The summed E-state index contributed by atoms with van der Waals surface area (Å²) < 4.78 is 0. The molecule has 1 fully saturated rings. The highest BCUT2D eigenvalue weighted by Crippen LogP contribution is 2.16. The quantitative estimate of drug-likeness (QED) is 0.845. The monoisotopic (exact) mass is 240 g/mol. The van der Waals surface area contributed by atoms with Crippen LogP contribution in [0.3, 0.4) is 0 Å². The fourth-order valence-corrected chi connectivity index (χ4v) is 2.20. The first-order valence-corrected chi connectivity index (χ1v) is 6.22. The number of nitrogens with zero attached hydrogens (tertiary/aromatic N) is 2. The molecule has 0 aromatic heterocycles. The van der Waals surface area contributed by atoms with Crippen molar-refractivity contribution in [2.24, 2.45) is 5.92 Å². The average Bonchev–Trinajstić information content (AvgIpc) is 2.45. The second kappa shape index (κ2) is 6.05. The van der Waals surface area contributed by atoms with Crippen LogP contribution in [0.25, 0.3) is 0 Å². The molecule has 0 saturated carbocycles. The topological polar surface area (TPSA) is 71.6 Å². The minimum atomic E-state index is 0.433. The van der Waals surface area contributed by atoms with Gasteiger partial charge in [-0.05, 0) is 50.0 Å². The van der Waals surface area contributed by atoms with Gasteiger partial charge in [0.1, 0.15) is 12.1 Å². The van der Waals surface area contributed by atoms with E-state index in [4.69, 9.17) is 10.5 Å². The Morgan fingerprint density at radius 2 is 2.11 bits per heavy atom. The number of nitrogens with one attached hydrogen (secondary N) is 2. The summed E-state index contributed by atoms with van der Waals surface area (Å²) >= 11 is 0. The lowest BCUT2D eigenvalue weighted by atomic mass is 9.99. The van der Waals surface area contributed by atoms with Crippen molar-refractivity contribution in [3.05, 3.63) is 29.3 Å². The molecular formula is C14H16N4. The molecule has 1 atom stereocenters. The van der Waals surface area contributed by atoms with Crippen LogP contribution in [0.5, 0.6) is 0 Å². The third-order valence-electron chi connectivity index (χ3n) is 3.25. The number of rotatable bonds is 3. The Kier molecular flexibility index (Phi) is 4.17. The zero-order valence-corrected chi connectivity index (χ0v) is 10.2. The van der Waals surface area contributed by atoms with E-state index in [2.05, 4.69) is 10.6 Å². The van der Waals surface area contributed by atoms with Gasteiger partial charge < -0.3 is 10.6 Å². The molecular weight excluding hydrogens is 224 g/mol. The summed E-state index contributed by atoms with van der Waals surface area (Å²) in [4.78, 5) is 0. The molecule has 1 aromatic carbocycles. The Hall–Kier alpha value is -2.04. The summed E-state index contributed by atoms with van der Waals surface area (Å²) in [7, 11) is 0. The predicted octanol–water partition coefficient (Wildman–Crippen LogP) is 1.84. The zero-order valence-electron chi connectivity index (χ0n) is 10.2. The summed E-state index contributed by atoms with van der Waals surface area (Å²) in [6.45, 7) is 3.07. The maximum atomic E-state index is 8.95. The van der Waals surface area contributed by atoms with Gasteiger partial charge in [0.2, 0.25) is 0 Å². The normalized spacial score (nSPS) is 18.7. The predicted molar refractivity (Wildman–Crippen MR) is 70.0 cm³/mol. The standard InChI is InChI=1S/C14H16N4/c15-7-12-3-4-14(6-13(12)8-16)18-10-11-2-1-5-17-9-11/h3-4,6,11,17-18H,1-2,5,9-10H2. The van der Waals surface area contributed by atoms with Gasteiger partial charge in [0.05, 0.1) is 11.1 Å². The molecule has 1 heterocycles. The van der Waals surface area contributed by atoms with Crippen molar-refractivity contribution in [1.82, 2.24) is 5.32 Å². The van der Waals surface area contributed by atoms with Crippen LogP contribution in [-0.4, -0.2) is 19.6 Å². The Balaban J connectivity index is 1.97. The van der Waals surface area contributed by atoms with E-state index >= 15 is 0 Å². The van der Waals surface area contributed by atoms with Gasteiger partial charge in [-0.1, -0.05) is 0 Å². The second-order valence-corrected chi connectivity index (χ2v) is 4.58. The van der Waals surface area contributed by atoms with Crippen LogP contribution in [0.1, 0.15) is 24.0 Å². The highest BCUT2D eigenvalue weighted by atomic mass is 14.9. The van der Waals surface area contributed by atoms with Crippen LogP contribution in [0.15, 0.2) is 18.2 Å². The largest absolute Gasteiger partial charge is 0.385 e. The van der Waals surface area contributed by atoms with E-state index in [1.165, 1.54) is 12.8 Å². The van der Waals surface area contributed by atoms with Gasteiger partial charge in [0.15, 0.2) is 0 Å². The Labute approximate surface area is 107 Å². The third kappa shape index (κ3) is 3.00. The fraction of sp³-hybridized carbons (Fsp3) is 0.429. The summed E-state index contributed by atoms with van der Waals surface area (Å²) in [6, 6.07) is 9.37. The van der Waals surface area contributed by atoms with Gasteiger partial charge in [-0.3, -0.25) is 0 Å². The molecule has 1 aromatic rings. The van der Waals surface area contributed by atoms with E-state index in [9.17, 15) is 0 Å². The zero-order chi connectivity index (χ0) is 12.8. The Bertz CT molecular complexity index is 489. The highest BCUT2D eigenvalue weighted by molar-refractivity contribution is 5.56. The lowest BCUT2D eigenvalue weighted by Gasteiger charge is -2.23. The molecule has 1 saturated heterocycles. The summed E-state index contributed by atoms with van der Waals surface area (Å²) in [6.07, 6.45) is 2.46. The molecule has 0 radical (unpaired) electrons. The second-order valence-electron chi connectivity index (χ2n) is 4.58. The van der Waals surface area contributed by atoms with Crippen molar-refractivity contribution in [2.75, 3.05) is 25.0 Å². The van der Waals surface area contributed by atoms with Crippen LogP contribution in [-0.2, 0) is 0 Å². The number of nitriles is 2. The third-order valence-corrected chi connectivity index (χ3v) is 3.25. The van der Waals surface area contributed by atoms with Crippen LogP contribution in [0.2, 0.25) is 0 Å². The molecule has 1 aliphatic rings. The molecule has 0 bridgehead atoms. The molecule has 18 heavy (non-hydrogen) atoms. The summed E-state index contributed by atoms with van der Waals surface area (Å²) in [5, 5.41) is 24.5. The Morgan fingerprint density at radius 3 is 2.78 bits per heavy atom. The van der Waals surface area contributed by atoms with Crippen molar-refractivity contribution >= 4 is 5.69 Å². The molecule has 0 spiro atoms. The summed E-state index contributed by atoms with van der Waals surface area (Å²) in [5.74, 6) is 0.639. The van der Waals surface area contributed by atoms with E-state index in [0.29, 0.717) is 17.0 Å². The minimum Gasteiger partial charge on any atom is -0.385 e. The first kappa shape index (κ1) is 12.4. The fourth-order valence-electron chi connectivity index (χ4n) is 2.20. The van der Waals surface area contributed by atoms with E-state index in [-0.39, 0.29) is 0 Å². The maximum Gasteiger partial charge on any atom is 0.101 e. The first-order valence-electron chi connectivity index (χ1n) is 6.22. The van der Waals surface area contributed by atoms with Crippen LogP contribution in [0.4, 0.5) is 5.69 Å². The van der Waals surface area contributed by atoms with E-state index in [0.717, 1.165) is 25.3 Å². The molecule has 2 rings (SSSR count).